The highest BCUT2D eigenvalue weighted by Gasteiger charge is 2.16. The summed E-state index contributed by atoms with van der Waals surface area (Å²) < 4.78 is 25.7. The van der Waals surface area contributed by atoms with Crippen LogP contribution in [0.5, 0.6) is 0 Å². The van der Waals surface area contributed by atoms with Gasteiger partial charge in [0.1, 0.15) is 15.7 Å². The van der Waals surface area contributed by atoms with Gasteiger partial charge in [0.15, 0.2) is 0 Å². The van der Waals surface area contributed by atoms with Gasteiger partial charge in [-0.15, -0.1) is 0 Å². The lowest BCUT2D eigenvalue weighted by atomic mass is 10.4. The number of hydrogen-bond acceptors (Lipinski definition) is 5. The van der Waals surface area contributed by atoms with Gasteiger partial charge >= 0.3 is 5.69 Å². The number of aryl methyl sites for hydroxylation is 1. The molecule has 2 heterocycles. The summed E-state index contributed by atoms with van der Waals surface area (Å²) in [5.74, 6) is 0.978. The van der Waals surface area contributed by atoms with Gasteiger partial charge in [-0.05, 0) is 6.42 Å². The van der Waals surface area contributed by atoms with Crippen molar-refractivity contribution in [3.8, 4) is 0 Å². The molecule has 18 heavy (non-hydrogen) atoms. The monoisotopic (exact) mass is 274 g/mol. The fourth-order valence-corrected chi connectivity index (χ4v) is 2.81. The zero-order valence-electron chi connectivity index (χ0n) is 10.4. The van der Waals surface area contributed by atoms with Gasteiger partial charge in [0.05, 0.1) is 12.3 Å². The number of nitrogens with zero attached hydrogens (tertiary/aromatic N) is 3. The first kappa shape index (κ1) is 13.3. The van der Waals surface area contributed by atoms with Crippen LogP contribution in [0.1, 0.15) is 19.2 Å². The summed E-state index contributed by atoms with van der Waals surface area (Å²) in [7, 11) is -2.97. The Morgan fingerprint density at radius 1 is 1.44 bits per heavy atom. The smallest absolute Gasteiger partial charge is 0.308 e. The van der Waals surface area contributed by atoms with Crippen molar-refractivity contribution in [2.24, 2.45) is 0 Å². The Bertz CT molecular complexity index is 572. The third-order valence-corrected chi connectivity index (χ3v) is 4.85. The molecule has 0 fully saturated rings. The zero-order chi connectivity index (χ0) is 13.2. The fourth-order valence-electron chi connectivity index (χ4n) is 1.96. The summed E-state index contributed by atoms with van der Waals surface area (Å²) >= 11 is 0. The van der Waals surface area contributed by atoms with Crippen LogP contribution in [0, 0.1) is 0 Å². The van der Waals surface area contributed by atoms with E-state index in [0.29, 0.717) is 26.1 Å². The van der Waals surface area contributed by atoms with Crippen LogP contribution in [0.4, 0.5) is 0 Å². The maximum Gasteiger partial charge on any atom is 0.345 e. The van der Waals surface area contributed by atoms with Crippen LogP contribution < -0.4 is 11.0 Å². The number of rotatable bonds is 5. The molecule has 0 bridgehead atoms. The van der Waals surface area contributed by atoms with E-state index in [1.165, 1.54) is 4.68 Å². The van der Waals surface area contributed by atoms with Gasteiger partial charge in [-0.1, -0.05) is 6.92 Å². The van der Waals surface area contributed by atoms with Crippen molar-refractivity contribution in [2.75, 3.05) is 18.1 Å². The first-order valence-corrected chi connectivity index (χ1v) is 7.93. The quantitative estimate of drug-likeness (QED) is 0.742. The molecule has 0 amide bonds. The summed E-state index contributed by atoms with van der Waals surface area (Å²) in [5.41, 5.74) is -0.139. The van der Waals surface area contributed by atoms with Crippen LogP contribution in [0.15, 0.2) is 4.79 Å². The molecule has 0 aliphatic carbocycles. The van der Waals surface area contributed by atoms with Crippen molar-refractivity contribution in [2.45, 2.75) is 33.0 Å². The average Bonchev–Trinajstić information content (AvgIpc) is 2.67. The highest BCUT2D eigenvalue weighted by molar-refractivity contribution is 7.91. The Morgan fingerprint density at radius 3 is 2.89 bits per heavy atom. The molecular formula is C10H18N4O3S. The minimum Gasteiger partial charge on any atom is -0.308 e. The highest BCUT2D eigenvalue weighted by atomic mass is 32.2. The molecule has 7 nitrogen and oxygen atoms in total. The third kappa shape index (κ3) is 2.81. The molecule has 102 valence electrons. The number of nitrogens with one attached hydrogen (secondary N) is 1. The van der Waals surface area contributed by atoms with E-state index in [1.807, 2.05) is 0 Å². The summed E-state index contributed by atoms with van der Waals surface area (Å²) in [5, 5.41) is 7.35. The van der Waals surface area contributed by atoms with Crippen molar-refractivity contribution in [3.63, 3.8) is 0 Å². The SMILES string of the molecule is CCS(=O)(=O)CCCn1nc2n(c1=O)CCNC2. The van der Waals surface area contributed by atoms with Gasteiger partial charge in [-0.3, -0.25) is 4.57 Å². The van der Waals surface area contributed by atoms with E-state index in [2.05, 4.69) is 10.4 Å². The molecule has 1 aromatic rings. The highest BCUT2D eigenvalue weighted by Crippen LogP contribution is 2.00. The Labute approximate surface area is 106 Å². The van der Waals surface area contributed by atoms with Crippen LogP contribution in [-0.4, -0.2) is 40.8 Å². The van der Waals surface area contributed by atoms with E-state index in [1.54, 1.807) is 11.5 Å². The van der Waals surface area contributed by atoms with Crippen LogP contribution in [0.3, 0.4) is 0 Å². The van der Waals surface area contributed by atoms with Gasteiger partial charge in [-0.2, -0.15) is 5.10 Å². The molecule has 0 radical (unpaired) electrons. The number of fused-ring (bicyclic) bond motifs is 1. The molecule has 2 rings (SSSR count). The standard InChI is InChI=1S/C10H18N4O3S/c1-2-18(16,17)7-3-5-14-10(15)13-6-4-11-8-9(13)12-14/h11H,2-8H2,1H3. The van der Waals surface area contributed by atoms with Gasteiger partial charge < -0.3 is 5.32 Å². The molecule has 1 aromatic heterocycles. The van der Waals surface area contributed by atoms with Crippen molar-refractivity contribution in [1.29, 1.82) is 0 Å². The summed E-state index contributed by atoms with van der Waals surface area (Å²) in [4.78, 5) is 11.9. The molecule has 1 aliphatic rings. The lowest BCUT2D eigenvalue weighted by molar-refractivity contribution is 0.496. The van der Waals surface area contributed by atoms with E-state index in [-0.39, 0.29) is 17.2 Å². The van der Waals surface area contributed by atoms with Crippen LogP contribution in [0.25, 0.3) is 0 Å². The number of hydrogen-bond donors (Lipinski definition) is 1. The predicted octanol–water partition coefficient (Wildman–Crippen LogP) is -1.03. The van der Waals surface area contributed by atoms with Crippen LogP contribution >= 0.6 is 0 Å². The van der Waals surface area contributed by atoms with E-state index in [9.17, 15) is 13.2 Å². The van der Waals surface area contributed by atoms with Crippen molar-refractivity contribution in [3.05, 3.63) is 16.3 Å². The zero-order valence-corrected chi connectivity index (χ0v) is 11.2. The number of sulfone groups is 1. The predicted molar refractivity (Wildman–Crippen MR) is 67.1 cm³/mol. The Morgan fingerprint density at radius 2 is 2.22 bits per heavy atom. The molecular weight excluding hydrogens is 256 g/mol. The van der Waals surface area contributed by atoms with E-state index < -0.39 is 9.84 Å². The molecule has 1 N–H and O–H groups in total. The Balaban J connectivity index is 2.03. The maximum absolute atomic E-state index is 11.9. The first-order chi connectivity index (χ1) is 8.53. The summed E-state index contributed by atoms with van der Waals surface area (Å²) in [6.45, 7) is 3.97. The minimum atomic E-state index is -2.97. The van der Waals surface area contributed by atoms with Gasteiger partial charge in [-0.25, -0.2) is 17.9 Å². The molecule has 1 aliphatic heterocycles. The van der Waals surface area contributed by atoms with Crippen molar-refractivity contribution < 1.29 is 8.42 Å². The lowest BCUT2D eigenvalue weighted by Crippen LogP contribution is -2.34. The molecule has 0 saturated carbocycles. The Kier molecular flexibility index (Phi) is 3.86. The van der Waals surface area contributed by atoms with Crippen LogP contribution in [-0.2, 0) is 29.5 Å². The van der Waals surface area contributed by atoms with Gasteiger partial charge in [0.25, 0.3) is 0 Å². The second-order valence-electron chi connectivity index (χ2n) is 4.34. The second-order valence-corrected chi connectivity index (χ2v) is 6.81. The molecule has 8 heteroatoms. The number of aromatic nitrogens is 3. The van der Waals surface area contributed by atoms with Crippen molar-refractivity contribution in [1.82, 2.24) is 19.7 Å². The van der Waals surface area contributed by atoms with Crippen molar-refractivity contribution >= 4 is 9.84 Å². The molecule has 0 unspecified atom stereocenters. The summed E-state index contributed by atoms with van der Waals surface area (Å²) in [6.07, 6.45) is 0.431. The maximum atomic E-state index is 11.9. The van der Waals surface area contributed by atoms with Gasteiger partial charge in [0, 0.05) is 25.4 Å². The molecule has 0 aromatic carbocycles. The normalized spacial score (nSPS) is 15.6. The molecule has 0 atom stereocenters. The van der Waals surface area contributed by atoms with Crippen LogP contribution in [0.2, 0.25) is 0 Å². The third-order valence-electron chi connectivity index (χ3n) is 3.06. The first-order valence-electron chi connectivity index (χ1n) is 6.11. The Hall–Kier alpha value is -1.15. The van der Waals surface area contributed by atoms with E-state index >= 15 is 0 Å². The largest absolute Gasteiger partial charge is 0.345 e. The van der Waals surface area contributed by atoms with E-state index in [4.69, 9.17) is 0 Å². The average molecular weight is 274 g/mol. The topological polar surface area (TPSA) is 86.0 Å². The fraction of sp³-hybridized carbons (Fsp3) is 0.800. The minimum absolute atomic E-state index is 0.108. The summed E-state index contributed by atoms with van der Waals surface area (Å²) in [6, 6.07) is 0. The lowest BCUT2D eigenvalue weighted by Gasteiger charge is -2.11. The van der Waals surface area contributed by atoms with E-state index in [0.717, 1.165) is 12.4 Å². The molecule has 0 saturated heterocycles. The second kappa shape index (κ2) is 5.23. The van der Waals surface area contributed by atoms with Gasteiger partial charge in [0.2, 0.25) is 0 Å². The molecule has 0 spiro atoms.